The molecule has 10 heteroatoms. The minimum Gasteiger partial charge on any atom is -0.490 e. The standard InChI is InChI=1S/C29H36ClF2N3O4/c1-19-13-24(14-20(2)27(19)30)38-18-29(15-26(37)35-9-7-23(8-10-35)33-21(3)36)17-34(11-12-39-29)16-22-5-4-6-25(31)28(22)32/h4-6,13-14,23H,7-12,15-18H2,1-3H3,(H,33,36)/t29-/m0/s1. The van der Waals surface area contributed by atoms with E-state index in [2.05, 4.69) is 5.32 Å². The highest BCUT2D eigenvalue weighted by atomic mass is 35.5. The maximum atomic E-state index is 14.4. The number of aryl methyl sites for hydroxylation is 2. The third-order valence-corrected chi connectivity index (χ3v) is 7.99. The maximum Gasteiger partial charge on any atom is 0.225 e. The Morgan fingerprint density at radius 1 is 1.15 bits per heavy atom. The number of morpholine rings is 1. The van der Waals surface area contributed by atoms with E-state index in [1.165, 1.54) is 13.0 Å². The van der Waals surface area contributed by atoms with Crippen molar-refractivity contribution >= 4 is 23.4 Å². The largest absolute Gasteiger partial charge is 0.490 e. The summed E-state index contributed by atoms with van der Waals surface area (Å²) in [6, 6.07) is 7.91. The van der Waals surface area contributed by atoms with E-state index in [1.807, 2.05) is 30.9 Å². The van der Waals surface area contributed by atoms with Crippen molar-refractivity contribution < 1.29 is 27.8 Å². The predicted molar refractivity (Wildman–Crippen MR) is 145 cm³/mol. The Morgan fingerprint density at radius 3 is 2.51 bits per heavy atom. The van der Waals surface area contributed by atoms with Crippen LogP contribution in [0, 0.1) is 25.5 Å². The van der Waals surface area contributed by atoms with Crippen LogP contribution in [0.5, 0.6) is 5.75 Å². The van der Waals surface area contributed by atoms with Crippen LogP contribution in [-0.4, -0.2) is 72.6 Å². The first-order chi connectivity index (χ1) is 18.5. The first-order valence-corrected chi connectivity index (χ1v) is 13.7. The lowest BCUT2D eigenvalue weighted by Crippen LogP contribution is -2.57. The van der Waals surface area contributed by atoms with Gasteiger partial charge in [-0.3, -0.25) is 14.5 Å². The van der Waals surface area contributed by atoms with Gasteiger partial charge in [0.2, 0.25) is 11.8 Å². The fourth-order valence-electron chi connectivity index (χ4n) is 5.37. The Hall–Kier alpha value is -2.75. The van der Waals surface area contributed by atoms with Crippen LogP contribution in [0.4, 0.5) is 8.78 Å². The van der Waals surface area contributed by atoms with Crippen LogP contribution in [0.15, 0.2) is 30.3 Å². The van der Waals surface area contributed by atoms with Crippen molar-refractivity contribution in [1.29, 1.82) is 0 Å². The van der Waals surface area contributed by atoms with Gasteiger partial charge in [0.1, 0.15) is 18.0 Å². The lowest BCUT2D eigenvalue weighted by molar-refractivity contribution is -0.157. The summed E-state index contributed by atoms with van der Waals surface area (Å²) in [5.74, 6) is -1.27. The van der Waals surface area contributed by atoms with Gasteiger partial charge in [0.15, 0.2) is 11.6 Å². The van der Waals surface area contributed by atoms with Gasteiger partial charge < -0.3 is 19.7 Å². The van der Waals surface area contributed by atoms with Crippen LogP contribution in [0.3, 0.4) is 0 Å². The van der Waals surface area contributed by atoms with E-state index in [1.54, 1.807) is 11.0 Å². The number of likely N-dealkylation sites (tertiary alicyclic amines) is 1. The zero-order chi connectivity index (χ0) is 28.2. The summed E-state index contributed by atoms with van der Waals surface area (Å²) in [7, 11) is 0. The minimum atomic E-state index is -0.991. The summed E-state index contributed by atoms with van der Waals surface area (Å²) < 4.78 is 40.7. The number of rotatable bonds is 8. The van der Waals surface area contributed by atoms with Gasteiger partial charge in [-0.15, -0.1) is 0 Å². The quantitative estimate of drug-likeness (QED) is 0.515. The third kappa shape index (κ3) is 7.47. The van der Waals surface area contributed by atoms with Gasteiger partial charge in [0, 0.05) is 56.3 Å². The number of carbonyl (C=O) groups excluding carboxylic acids is 2. The summed E-state index contributed by atoms with van der Waals surface area (Å²) >= 11 is 6.32. The summed E-state index contributed by atoms with van der Waals surface area (Å²) in [6.07, 6.45) is 1.44. The molecule has 0 saturated carbocycles. The summed E-state index contributed by atoms with van der Waals surface area (Å²) in [4.78, 5) is 28.7. The van der Waals surface area contributed by atoms with Gasteiger partial charge in [0.05, 0.1) is 13.0 Å². The molecule has 0 aliphatic carbocycles. The monoisotopic (exact) mass is 563 g/mol. The molecule has 39 heavy (non-hydrogen) atoms. The normalized spacial score (nSPS) is 20.6. The van der Waals surface area contributed by atoms with Crippen molar-refractivity contribution in [3.05, 3.63) is 63.7 Å². The lowest BCUT2D eigenvalue weighted by atomic mass is 9.95. The zero-order valence-electron chi connectivity index (χ0n) is 22.7. The maximum absolute atomic E-state index is 14.4. The van der Waals surface area contributed by atoms with E-state index in [-0.39, 0.29) is 43.0 Å². The second-order valence-electron chi connectivity index (χ2n) is 10.6. The van der Waals surface area contributed by atoms with Crippen molar-refractivity contribution in [1.82, 2.24) is 15.1 Å². The molecule has 0 spiro atoms. The zero-order valence-corrected chi connectivity index (χ0v) is 23.5. The topological polar surface area (TPSA) is 71.1 Å². The molecule has 2 aliphatic heterocycles. The average molecular weight is 564 g/mol. The van der Waals surface area contributed by atoms with Crippen LogP contribution in [0.1, 0.15) is 42.9 Å². The molecule has 2 aromatic rings. The number of amides is 2. The first-order valence-electron chi connectivity index (χ1n) is 13.3. The first kappa shape index (κ1) is 29.2. The smallest absolute Gasteiger partial charge is 0.225 e. The fourth-order valence-corrected chi connectivity index (χ4v) is 5.48. The number of nitrogens with one attached hydrogen (secondary N) is 1. The minimum absolute atomic E-state index is 0.0582. The van der Waals surface area contributed by atoms with Crippen LogP contribution in [-0.2, 0) is 20.9 Å². The third-order valence-electron chi connectivity index (χ3n) is 7.39. The lowest BCUT2D eigenvalue weighted by Gasteiger charge is -2.43. The van der Waals surface area contributed by atoms with Gasteiger partial charge in [-0.2, -0.15) is 0 Å². The molecule has 212 valence electrons. The van der Waals surface area contributed by atoms with Crippen LogP contribution < -0.4 is 10.1 Å². The highest BCUT2D eigenvalue weighted by molar-refractivity contribution is 6.32. The molecule has 2 fully saturated rings. The van der Waals surface area contributed by atoms with E-state index in [0.717, 1.165) is 17.2 Å². The number of hydrogen-bond donors (Lipinski definition) is 1. The Labute approximate surface area is 233 Å². The van der Waals surface area contributed by atoms with Crippen molar-refractivity contribution in [3.63, 3.8) is 0 Å². The molecule has 0 bridgehead atoms. The van der Waals surface area contributed by atoms with Crippen molar-refractivity contribution in [2.75, 3.05) is 39.4 Å². The molecule has 2 saturated heterocycles. The molecule has 7 nitrogen and oxygen atoms in total. The number of piperidine rings is 1. The van der Waals surface area contributed by atoms with E-state index in [0.29, 0.717) is 56.4 Å². The van der Waals surface area contributed by atoms with E-state index >= 15 is 0 Å². The molecular weight excluding hydrogens is 528 g/mol. The molecule has 1 atom stereocenters. The summed E-state index contributed by atoms with van der Waals surface area (Å²) in [6.45, 7) is 7.78. The van der Waals surface area contributed by atoms with Crippen LogP contribution in [0.25, 0.3) is 0 Å². The van der Waals surface area contributed by atoms with Crippen LogP contribution in [0.2, 0.25) is 5.02 Å². The number of halogens is 3. The van der Waals surface area contributed by atoms with Gasteiger partial charge in [-0.05, 0) is 56.0 Å². The Bertz CT molecular complexity index is 1180. The molecule has 1 N–H and O–H groups in total. The molecule has 4 rings (SSSR count). The van der Waals surface area contributed by atoms with Gasteiger partial charge in [0.25, 0.3) is 0 Å². The molecular formula is C29H36ClF2N3O4. The molecule has 0 aromatic heterocycles. The fraction of sp³-hybridized carbons (Fsp3) is 0.517. The molecule has 2 aliphatic rings. The molecule has 2 heterocycles. The number of benzene rings is 2. The molecule has 2 aromatic carbocycles. The number of nitrogens with zero attached hydrogens (tertiary/aromatic N) is 2. The SMILES string of the molecule is CC(=O)NC1CCN(C(=O)C[C@@]2(COc3cc(C)c(Cl)c(C)c3)CN(Cc3cccc(F)c3F)CCO2)CC1. The number of ether oxygens (including phenoxy) is 2. The van der Waals surface area contributed by atoms with E-state index in [4.69, 9.17) is 21.1 Å². The average Bonchev–Trinajstić information content (AvgIpc) is 2.89. The van der Waals surface area contributed by atoms with Gasteiger partial charge in [-0.25, -0.2) is 8.78 Å². The summed E-state index contributed by atoms with van der Waals surface area (Å²) in [5.41, 5.74) is 1.02. The molecule has 2 amide bonds. The predicted octanol–water partition coefficient (Wildman–Crippen LogP) is 4.40. The highest BCUT2D eigenvalue weighted by Crippen LogP contribution is 2.30. The molecule has 0 unspecified atom stereocenters. The van der Waals surface area contributed by atoms with Gasteiger partial charge in [-0.1, -0.05) is 23.7 Å². The number of hydrogen-bond acceptors (Lipinski definition) is 5. The second-order valence-corrected chi connectivity index (χ2v) is 11.0. The summed E-state index contributed by atoms with van der Waals surface area (Å²) in [5, 5.41) is 3.60. The second kappa shape index (κ2) is 12.6. The van der Waals surface area contributed by atoms with Crippen LogP contribution >= 0.6 is 11.6 Å². The van der Waals surface area contributed by atoms with Crippen molar-refractivity contribution in [2.24, 2.45) is 0 Å². The highest BCUT2D eigenvalue weighted by Gasteiger charge is 2.41. The van der Waals surface area contributed by atoms with Crippen molar-refractivity contribution in [3.8, 4) is 5.75 Å². The van der Waals surface area contributed by atoms with E-state index < -0.39 is 17.2 Å². The number of carbonyl (C=O) groups is 2. The Balaban J connectivity index is 1.50. The van der Waals surface area contributed by atoms with Gasteiger partial charge >= 0.3 is 0 Å². The molecule has 0 radical (unpaired) electrons. The Kier molecular flexibility index (Phi) is 9.46. The van der Waals surface area contributed by atoms with E-state index in [9.17, 15) is 18.4 Å². The Morgan fingerprint density at radius 2 is 1.85 bits per heavy atom. The van der Waals surface area contributed by atoms with Crippen molar-refractivity contribution in [2.45, 2.75) is 58.2 Å².